The van der Waals surface area contributed by atoms with Crippen molar-refractivity contribution in [3.63, 3.8) is 0 Å². The summed E-state index contributed by atoms with van der Waals surface area (Å²) in [7, 11) is -4.09. The van der Waals surface area contributed by atoms with E-state index in [4.69, 9.17) is 13.8 Å². The van der Waals surface area contributed by atoms with Gasteiger partial charge in [-0.1, -0.05) is 20.8 Å². The summed E-state index contributed by atoms with van der Waals surface area (Å²) in [5.74, 6) is 0.667. The minimum absolute atomic E-state index is 0.0243. The fourth-order valence-corrected chi connectivity index (χ4v) is 3.39. The normalized spacial score (nSPS) is 12.8. The van der Waals surface area contributed by atoms with Crippen molar-refractivity contribution in [2.24, 2.45) is 0 Å². The Bertz CT molecular complexity index is 864. The monoisotopic (exact) mass is 407 g/mol. The lowest BCUT2D eigenvalue weighted by atomic mass is 10.2. The van der Waals surface area contributed by atoms with E-state index >= 15 is 0 Å². The SMILES string of the molecule is CC(C)(C)OC(=O)n1c(OB(O)O)cc2cc(O[Si](C)(C)C(C)(C)C)ccc21. The third-order valence-corrected chi connectivity index (χ3v) is 9.08. The highest BCUT2D eigenvalue weighted by molar-refractivity contribution is 6.74. The average molecular weight is 407 g/mol. The van der Waals surface area contributed by atoms with Gasteiger partial charge in [0, 0.05) is 11.5 Å². The Balaban J connectivity index is 2.50. The van der Waals surface area contributed by atoms with E-state index in [0.29, 0.717) is 16.7 Å². The first-order chi connectivity index (χ1) is 12.6. The molecule has 0 aliphatic rings. The first-order valence-corrected chi connectivity index (χ1v) is 12.1. The van der Waals surface area contributed by atoms with Crippen LogP contribution in [0.2, 0.25) is 18.1 Å². The van der Waals surface area contributed by atoms with Gasteiger partial charge in [-0.3, -0.25) is 0 Å². The van der Waals surface area contributed by atoms with Crippen molar-refractivity contribution in [2.45, 2.75) is 65.3 Å². The number of ether oxygens (including phenoxy) is 1. The van der Waals surface area contributed by atoms with Gasteiger partial charge in [0.15, 0.2) is 5.88 Å². The van der Waals surface area contributed by atoms with Crippen molar-refractivity contribution in [3.8, 4) is 11.6 Å². The molecule has 1 heterocycles. The van der Waals surface area contributed by atoms with Gasteiger partial charge in [-0.25, -0.2) is 9.36 Å². The Morgan fingerprint density at radius 3 is 2.18 bits per heavy atom. The van der Waals surface area contributed by atoms with Crippen LogP contribution in [0.1, 0.15) is 41.5 Å². The van der Waals surface area contributed by atoms with Crippen LogP contribution in [-0.2, 0) is 4.74 Å². The first kappa shape index (κ1) is 22.3. The van der Waals surface area contributed by atoms with E-state index in [2.05, 4.69) is 33.9 Å². The second-order valence-corrected chi connectivity index (χ2v) is 14.1. The Labute approximate surface area is 167 Å². The molecule has 154 valence electrons. The van der Waals surface area contributed by atoms with E-state index in [0.717, 1.165) is 0 Å². The van der Waals surface area contributed by atoms with Gasteiger partial charge in [-0.2, -0.15) is 0 Å². The third-order valence-electron chi connectivity index (χ3n) is 4.72. The standard InChI is InChI=1S/C19H30BNO6Si/c1-18(2,3)25-17(22)21-15-10-9-14(27-28(7,8)19(4,5)6)11-13(15)12-16(21)26-20(23)24/h9-12,23-24H,1-8H3. The number of carbonyl (C=O) groups is 1. The van der Waals surface area contributed by atoms with Crippen LogP contribution in [0, 0.1) is 0 Å². The van der Waals surface area contributed by atoms with Crippen molar-refractivity contribution >= 4 is 32.6 Å². The number of hydrogen-bond donors (Lipinski definition) is 2. The van der Waals surface area contributed by atoms with Crippen LogP contribution < -0.4 is 9.08 Å². The average Bonchev–Trinajstić information content (AvgIpc) is 2.79. The van der Waals surface area contributed by atoms with Crippen LogP contribution in [0.25, 0.3) is 10.9 Å². The van der Waals surface area contributed by atoms with Crippen molar-refractivity contribution in [3.05, 3.63) is 24.3 Å². The van der Waals surface area contributed by atoms with Gasteiger partial charge in [0.25, 0.3) is 0 Å². The van der Waals surface area contributed by atoms with Crippen LogP contribution in [0.3, 0.4) is 0 Å². The summed E-state index contributed by atoms with van der Waals surface area (Å²) in [5, 5.41) is 19.1. The molecule has 0 bridgehead atoms. The van der Waals surface area contributed by atoms with Gasteiger partial charge in [-0.05, 0) is 57.1 Å². The molecule has 9 heteroatoms. The molecule has 1 aromatic carbocycles. The van der Waals surface area contributed by atoms with Crippen LogP contribution in [0.4, 0.5) is 4.79 Å². The van der Waals surface area contributed by atoms with Crippen molar-refractivity contribution in [1.82, 2.24) is 4.57 Å². The molecule has 0 aliphatic carbocycles. The van der Waals surface area contributed by atoms with Crippen LogP contribution in [0.15, 0.2) is 24.3 Å². The molecule has 0 spiro atoms. The van der Waals surface area contributed by atoms with Crippen LogP contribution in [0.5, 0.6) is 11.6 Å². The van der Waals surface area contributed by atoms with E-state index in [9.17, 15) is 14.8 Å². The molecule has 7 nitrogen and oxygen atoms in total. The lowest BCUT2D eigenvalue weighted by Gasteiger charge is -2.36. The van der Waals surface area contributed by atoms with Gasteiger partial charge in [-0.15, -0.1) is 0 Å². The number of hydrogen-bond acceptors (Lipinski definition) is 6. The van der Waals surface area contributed by atoms with E-state index in [-0.39, 0.29) is 10.9 Å². The van der Waals surface area contributed by atoms with E-state index in [1.807, 2.05) is 6.07 Å². The molecule has 0 saturated heterocycles. The zero-order chi connectivity index (χ0) is 21.5. The Hall–Kier alpha value is -1.97. The second-order valence-electron chi connectivity index (χ2n) is 9.33. The highest BCUT2D eigenvalue weighted by Crippen LogP contribution is 2.38. The number of rotatable bonds is 4. The van der Waals surface area contributed by atoms with Gasteiger partial charge in [0.2, 0.25) is 8.32 Å². The number of fused-ring (bicyclic) bond motifs is 1. The zero-order valence-electron chi connectivity index (χ0n) is 17.9. The lowest BCUT2D eigenvalue weighted by Crippen LogP contribution is -2.43. The molecule has 0 fully saturated rings. The van der Waals surface area contributed by atoms with Crippen molar-refractivity contribution < 1.29 is 28.7 Å². The maximum Gasteiger partial charge on any atom is 0.708 e. The molecule has 0 amide bonds. The van der Waals surface area contributed by atoms with Crippen molar-refractivity contribution in [2.75, 3.05) is 0 Å². The largest absolute Gasteiger partial charge is 0.708 e. The number of benzene rings is 1. The molecule has 0 aliphatic heterocycles. The van der Waals surface area contributed by atoms with Crippen molar-refractivity contribution in [1.29, 1.82) is 0 Å². The molecule has 1 aromatic heterocycles. The summed E-state index contributed by atoms with van der Waals surface area (Å²) in [6.45, 7) is 16.0. The van der Waals surface area contributed by atoms with Gasteiger partial charge in [0.05, 0.1) is 5.52 Å². The fourth-order valence-electron chi connectivity index (χ4n) is 2.37. The maximum atomic E-state index is 12.7. The molecule has 2 N–H and O–H groups in total. The molecule has 2 rings (SSSR count). The van der Waals surface area contributed by atoms with Gasteiger partial charge >= 0.3 is 13.4 Å². The van der Waals surface area contributed by atoms with E-state index in [1.165, 1.54) is 4.57 Å². The smallest absolute Gasteiger partial charge is 0.543 e. The molecular weight excluding hydrogens is 377 g/mol. The molecule has 2 aromatic rings. The fraction of sp³-hybridized carbons (Fsp3) is 0.526. The predicted molar refractivity (Wildman–Crippen MR) is 112 cm³/mol. The topological polar surface area (TPSA) is 90.2 Å². The Kier molecular flexibility index (Phi) is 5.94. The highest BCUT2D eigenvalue weighted by atomic mass is 28.4. The van der Waals surface area contributed by atoms with Gasteiger partial charge < -0.3 is 23.9 Å². The number of nitrogens with zero attached hydrogens (tertiary/aromatic N) is 1. The Morgan fingerprint density at radius 1 is 1.07 bits per heavy atom. The molecule has 0 atom stereocenters. The number of aromatic nitrogens is 1. The van der Waals surface area contributed by atoms with Crippen LogP contribution >= 0.6 is 0 Å². The summed E-state index contributed by atoms with van der Waals surface area (Å²) in [5.41, 5.74) is -0.193. The summed E-state index contributed by atoms with van der Waals surface area (Å²) >= 11 is 0. The highest BCUT2D eigenvalue weighted by Gasteiger charge is 2.39. The maximum absolute atomic E-state index is 12.7. The third kappa shape index (κ3) is 5.09. The zero-order valence-corrected chi connectivity index (χ0v) is 18.9. The first-order valence-electron chi connectivity index (χ1n) is 9.21. The van der Waals surface area contributed by atoms with Gasteiger partial charge in [0.1, 0.15) is 11.4 Å². The molecule has 28 heavy (non-hydrogen) atoms. The minimum atomic E-state index is -2.06. The minimum Gasteiger partial charge on any atom is -0.543 e. The second kappa shape index (κ2) is 7.46. The molecule has 0 saturated carbocycles. The molecular formula is C19H30BNO6Si. The predicted octanol–water partition coefficient (Wildman–Crippen LogP) is 4.16. The van der Waals surface area contributed by atoms with Crippen LogP contribution in [-0.4, -0.2) is 41.9 Å². The quantitative estimate of drug-likeness (QED) is 0.740. The summed E-state index contributed by atoms with van der Waals surface area (Å²) in [6.07, 6.45) is -0.670. The van der Waals surface area contributed by atoms with E-state index < -0.39 is 27.3 Å². The number of carbonyl (C=O) groups excluding carboxylic acids is 1. The summed E-state index contributed by atoms with van der Waals surface area (Å²) in [6, 6.07) is 6.89. The lowest BCUT2D eigenvalue weighted by molar-refractivity contribution is 0.0535. The Morgan fingerprint density at radius 2 is 1.68 bits per heavy atom. The summed E-state index contributed by atoms with van der Waals surface area (Å²) < 4.78 is 17.9. The molecule has 0 radical (unpaired) electrons. The molecule has 0 unspecified atom stereocenters. The van der Waals surface area contributed by atoms with E-state index in [1.54, 1.807) is 39.0 Å². The summed E-state index contributed by atoms with van der Waals surface area (Å²) in [4.78, 5) is 12.7.